The van der Waals surface area contributed by atoms with Crippen molar-refractivity contribution >= 4 is 16.3 Å². The molecule has 1 aromatic rings. The summed E-state index contributed by atoms with van der Waals surface area (Å²) in [5.74, 6) is 0. The van der Waals surface area contributed by atoms with E-state index in [9.17, 15) is 8.42 Å². The van der Waals surface area contributed by atoms with Crippen molar-refractivity contribution in [2.24, 2.45) is 5.16 Å². The Labute approximate surface area is 96.1 Å². The van der Waals surface area contributed by atoms with E-state index in [0.29, 0.717) is 11.1 Å². The van der Waals surface area contributed by atoms with Gasteiger partial charge in [0.05, 0.1) is 0 Å². The number of rotatable bonds is 3. The Hall–Kier alpha value is -1.36. The highest BCUT2D eigenvalue weighted by atomic mass is 32.2. The van der Waals surface area contributed by atoms with E-state index in [1.165, 1.54) is 6.21 Å². The summed E-state index contributed by atoms with van der Waals surface area (Å²) in [5, 5.41) is 3.31. The Morgan fingerprint density at radius 1 is 1.19 bits per heavy atom. The maximum atomic E-state index is 11.8. The lowest BCUT2D eigenvalue weighted by atomic mass is 10.1. The molecule has 0 heterocycles. The zero-order valence-electron chi connectivity index (χ0n) is 9.81. The van der Waals surface area contributed by atoms with Crippen LogP contribution in [0.5, 0.6) is 0 Å². The number of aryl methyl sites for hydroxylation is 3. The second-order valence-electron chi connectivity index (χ2n) is 3.62. The zero-order chi connectivity index (χ0) is 12.3. The first-order chi connectivity index (χ1) is 7.38. The van der Waals surface area contributed by atoms with Crippen LogP contribution < -0.4 is 0 Å². The maximum Gasteiger partial charge on any atom is 0.358 e. The number of nitrogens with zero attached hydrogens (tertiary/aromatic N) is 1. The highest BCUT2D eigenvalue weighted by Gasteiger charge is 2.21. The van der Waals surface area contributed by atoms with Crippen LogP contribution in [0.1, 0.15) is 23.6 Å². The highest BCUT2D eigenvalue weighted by Crippen LogP contribution is 2.23. The molecule has 0 spiro atoms. The van der Waals surface area contributed by atoms with Gasteiger partial charge in [0, 0.05) is 6.21 Å². The summed E-state index contributed by atoms with van der Waals surface area (Å²) in [6, 6.07) is 3.61. The second kappa shape index (κ2) is 4.65. The van der Waals surface area contributed by atoms with Gasteiger partial charge in [-0.05, 0) is 38.8 Å². The summed E-state index contributed by atoms with van der Waals surface area (Å²) in [4.78, 5) is 0.198. The molecule has 16 heavy (non-hydrogen) atoms. The third-order valence-corrected chi connectivity index (χ3v) is 3.53. The van der Waals surface area contributed by atoms with Crippen molar-refractivity contribution in [3.8, 4) is 0 Å². The molecule has 0 N–H and O–H groups in total. The Morgan fingerprint density at radius 3 is 2.12 bits per heavy atom. The van der Waals surface area contributed by atoms with Gasteiger partial charge >= 0.3 is 10.1 Å². The molecule has 88 valence electrons. The van der Waals surface area contributed by atoms with Crippen LogP contribution in [0.2, 0.25) is 0 Å². The van der Waals surface area contributed by atoms with Gasteiger partial charge in [-0.3, -0.25) is 4.28 Å². The molecule has 0 saturated heterocycles. The van der Waals surface area contributed by atoms with Crippen LogP contribution in [-0.4, -0.2) is 14.6 Å². The monoisotopic (exact) mass is 241 g/mol. The SMILES string of the molecule is CC=NOS(=O)(=O)c1c(C)cc(C)cc1C. The Bertz CT molecular complexity index is 495. The van der Waals surface area contributed by atoms with Crippen LogP contribution in [0.3, 0.4) is 0 Å². The molecular formula is C11H15NO3S. The predicted octanol–water partition coefficient (Wildman–Crippen LogP) is 2.32. The van der Waals surface area contributed by atoms with Gasteiger partial charge in [-0.15, -0.1) is 0 Å². The topological polar surface area (TPSA) is 55.7 Å². The normalized spacial score (nSPS) is 12.0. The number of hydrogen-bond acceptors (Lipinski definition) is 4. The van der Waals surface area contributed by atoms with Gasteiger partial charge in [0.2, 0.25) is 0 Å². The molecule has 0 radical (unpaired) electrons. The van der Waals surface area contributed by atoms with Gasteiger partial charge in [0.1, 0.15) is 4.90 Å². The Morgan fingerprint density at radius 2 is 1.69 bits per heavy atom. The van der Waals surface area contributed by atoms with E-state index < -0.39 is 10.1 Å². The van der Waals surface area contributed by atoms with E-state index in [4.69, 9.17) is 0 Å². The number of hydrogen-bond donors (Lipinski definition) is 0. The van der Waals surface area contributed by atoms with Gasteiger partial charge in [-0.1, -0.05) is 22.9 Å². The second-order valence-corrected chi connectivity index (χ2v) is 5.09. The minimum absolute atomic E-state index is 0.198. The fourth-order valence-corrected chi connectivity index (χ4v) is 2.88. The van der Waals surface area contributed by atoms with E-state index in [1.807, 2.05) is 6.92 Å². The average Bonchev–Trinajstić information content (AvgIpc) is 2.12. The van der Waals surface area contributed by atoms with Crippen LogP contribution in [0, 0.1) is 20.8 Å². The van der Waals surface area contributed by atoms with Gasteiger partial charge in [0.25, 0.3) is 0 Å². The minimum atomic E-state index is -3.80. The lowest BCUT2D eigenvalue weighted by molar-refractivity contribution is 0.340. The Balaban J connectivity index is 3.33. The number of benzene rings is 1. The van der Waals surface area contributed by atoms with Crippen molar-refractivity contribution in [2.45, 2.75) is 32.6 Å². The fraction of sp³-hybridized carbons (Fsp3) is 0.364. The lowest BCUT2D eigenvalue weighted by Crippen LogP contribution is -2.07. The van der Waals surface area contributed by atoms with Crippen molar-refractivity contribution in [3.05, 3.63) is 28.8 Å². The van der Waals surface area contributed by atoms with Crippen LogP contribution in [-0.2, 0) is 14.4 Å². The molecule has 0 bridgehead atoms. The third kappa shape index (κ3) is 2.61. The van der Waals surface area contributed by atoms with Gasteiger partial charge < -0.3 is 0 Å². The third-order valence-electron chi connectivity index (χ3n) is 2.10. The van der Waals surface area contributed by atoms with Crippen molar-refractivity contribution in [3.63, 3.8) is 0 Å². The lowest BCUT2D eigenvalue weighted by Gasteiger charge is -2.09. The summed E-state index contributed by atoms with van der Waals surface area (Å²) >= 11 is 0. The molecule has 0 saturated carbocycles. The number of oxime groups is 1. The molecule has 0 aliphatic rings. The predicted molar refractivity (Wildman–Crippen MR) is 63.1 cm³/mol. The molecule has 1 rings (SSSR count). The quantitative estimate of drug-likeness (QED) is 0.602. The average molecular weight is 241 g/mol. The van der Waals surface area contributed by atoms with Crippen LogP contribution in [0.4, 0.5) is 0 Å². The van der Waals surface area contributed by atoms with Crippen molar-refractivity contribution in [1.82, 2.24) is 0 Å². The molecule has 0 fully saturated rings. The standard InChI is InChI=1S/C11H15NO3S/c1-5-12-15-16(13,14)11-9(3)6-8(2)7-10(11)4/h5-7H,1-4H3. The van der Waals surface area contributed by atoms with E-state index >= 15 is 0 Å². The van der Waals surface area contributed by atoms with Crippen molar-refractivity contribution < 1.29 is 12.7 Å². The van der Waals surface area contributed by atoms with Crippen molar-refractivity contribution in [2.75, 3.05) is 0 Å². The van der Waals surface area contributed by atoms with Crippen molar-refractivity contribution in [1.29, 1.82) is 0 Å². The summed E-state index contributed by atoms with van der Waals surface area (Å²) in [7, 11) is -3.80. The molecule has 4 nitrogen and oxygen atoms in total. The molecule has 0 aromatic heterocycles. The van der Waals surface area contributed by atoms with Gasteiger partial charge in [-0.2, -0.15) is 8.42 Å². The van der Waals surface area contributed by atoms with Gasteiger partial charge in [-0.25, -0.2) is 0 Å². The van der Waals surface area contributed by atoms with E-state index in [1.54, 1.807) is 32.9 Å². The summed E-state index contributed by atoms with van der Waals surface area (Å²) in [5.41, 5.74) is 2.36. The summed E-state index contributed by atoms with van der Waals surface area (Å²) < 4.78 is 28.1. The minimum Gasteiger partial charge on any atom is -0.265 e. The van der Waals surface area contributed by atoms with Crippen LogP contribution >= 0.6 is 0 Å². The summed E-state index contributed by atoms with van der Waals surface area (Å²) in [6.45, 7) is 6.99. The Kier molecular flexibility index (Phi) is 3.70. The molecular weight excluding hydrogens is 226 g/mol. The van der Waals surface area contributed by atoms with E-state index in [2.05, 4.69) is 9.44 Å². The molecule has 0 unspecified atom stereocenters. The first kappa shape index (κ1) is 12.7. The molecule has 0 amide bonds. The molecule has 5 heteroatoms. The zero-order valence-corrected chi connectivity index (χ0v) is 10.6. The molecule has 0 aliphatic carbocycles. The molecule has 0 atom stereocenters. The largest absolute Gasteiger partial charge is 0.358 e. The van der Waals surface area contributed by atoms with E-state index in [0.717, 1.165) is 5.56 Å². The molecule has 0 aliphatic heterocycles. The van der Waals surface area contributed by atoms with E-state index in [-0.39, 0.29) is 4.90 Å². The molecule has 1 aromatic carbocycles. The first-order valence-corrected chi connectivity index (χ1v) is 6.29. The highest BCUT2D eigenvalue weighted by molar-refractivity contribution is 7.86. The van der Waals surface area contributed by atoms with Gasteiger partial charge in [0.15, 0.2) is 0 Å². The first-order valence-electron chi connectivity index (χ1n) is 4.88. The summed E-state index contributed by atoms with van der Waals surface area (Å²) in [6.07, 6.45) is 1.29. The fourth-order valence-electron chi connectivity index (χ4n) is 1.70. The van der Waals surface area contributed by atoms with Crippen LogP contribution in [0.25, 0.3) is 0 Å². The maximum absolute atomic E-state index is 11.8. The van der Waals surface area contributed by atoms with Crippen LogP contribution in [0.15, 0.2) is 22.2 Å². The smallest absolute Gasteiger partial charge is 0.265 e.